The van der Waals surface area contributed by atoms with E-state index in [0.717, 1.165) is 4.90 Å². The Labute approximate surface area is 127 Å². The molecule has 2 N–H and O–H groups in total. The first-order valence-electron chi connectivity index (χ1n) is 6.92. The maximum absolute atomic E-state index is 13.0. The second kappa shape index (κ2) is 5.57. The van der Waals surface area contributed by atoms with Crippen molar-refractivity contribution < 1.29 is 23.8 Å². The number of hydrogen-bond acceptors (Lipinski definition) is 4. The summed E-state index contributed by atoms with van der Waals surface area (Å²) >= 11 is 0. The van der Waals surface area contributed by atoms with Crippen molar-refractivity contribution in [2.45, 2.75) is 38.5 Å². The lowest BCUT2D eigenvalue weighted by atomic mass is 9.96. The van der Waals surface area contributed by atoms with Gasteiger partial charge in [-0.25, -0.2) is 9.18 Å². The van der Waals surface area contributed by atoms with Gasteiger partial charge in [0.15, 0.2) is 11.3 Å². The number of aliphatic hydroxyl groups is 1. The number of ether oxygens (including phenoxy) is 1. The molecular weight excluding hydrogens is 291 g/mol. The van der Waals surface area contributed by atoms with Crippen LogP contribution in [0.3, 0.4) is 0 Å². The molecule has 0 aromatic heterocycles. The van der Waals surface area contributed by atoms with E-state index in [1.807, 2.05) is 0 Å². The minimum absolute atomic E-state index is 0.00356. The van der Waals surface area contributed by atoms with Gasteiger partial charge in [0, 0.05) is 18.7 Å². The van der Waals surface area contributed by atoms with Crippen molar-refractivity contribution in [3.8, 4) is 0 Å². The third-order valence-corrected chi connectivity index (χ3v) is 3.90. The molecule has 1 aromatic carbocycles. The van der Waals surface area contributed by atoms with Crippen LogP contribution >= 0.6 is 0 Å². The number of carbonyl (C=O) groups excluding carboxylic acids is 2. The summed E-state index contributed by atoms with van der Waals surface area (Å²) in [6.45, 7) is 4.65. The number of cyclic esters (lactones) is 1. The Morgan fingerprint density at radius 2 is 2.09 bits per heavy atom. The number of amides is 2. The van der Waals surface area contributed by atoms with Crippen LogP contribution in [0.1, 0.15) is 27.2 Å². The predicted octanol–water partition coefficient (Wildman–Crippen LogP) is 2.09. The lowest BCUT2D eigenvalue weighted by molar-refractivity contribution is -0.130. The Balaban J connectivity index is 1.95. The fraction of sp³-hybridized carbons (Fsp3) is 0.467. The molecule has 1 aliphatic heterocycles. The molecule has 2 amide bonds. The second-order valence-corrected chi connectivity index (χ2v) is 5.86. The molecule has 0 aliphatic carbocycles. The van der Waals surface area contributed by atoms with Gasteiger partial charge in [-0.2, -0.15) is 0 Å². The lowest BCUT2D eigenvalue weighted by Gasteiger charge is -2.34. The van der Waals surface area contributed by atoms with Crippen LogP contribution in [0, 0.1) is 5.82 Å². The first-order valence-corrected chi connectivity index (χ1v) is 6.92. The predicted molar refractivity (Wildman–Crippen MR) is 77.5 cm³/mol. The summed E-state index contributed by atoms with van der Waals surface area (Å²) in [6.07, 6.45) is -0.716. The standard InChI is InChI=1S/C15H19FN2O4/c1-14(2)15(3,21)18(13(20)22-14)8-7-12(19)17-11-6-4-5-10(16)9-11/h4-6,9,21H,7-8H2,1-3H3,(H,17,19)/t15-/m0/s1. The highest BCUT2D eigenvalue weighted by Crippen LogP contribution is 2.36. The lowest BCUT2D eigenvalue weighted by Crippen LogP contribution is -2.54. The van der Waals surface area contributed by atoms with E-state index in [1.165, 1.54) is 25.1 Å². The highest BCUT2D eigenvalue weighted by Gasteiger charge is 2.56. The van der Waals surface area contributed by atoms with E-state index >= 15 is 0 Å². The summed E-state index contributed by atoms with van der Waals surface area (Å²) < 4.78 is 18.1. The van der Waals surface area contributed by atoms with Crippen LogP contribution in [0.15, 0.2) is 24.3 Å². The van der Waals surface area contributed by atoms with E-state index in [9.17, 15) is 19.1 Å². The zero-order chi connectivity index (χ0) is 16.5. The first-order chi connectivity index (χ1) is 10.1. The van der Waals surface area contributed by atoms with Gasteiger partial charge in [0.25, 0.3) is 0 Å². The summed E-state index contributed by atoms with van der Waals surface area (Å²) in [5.74, 6) is -0.843. The van der Waals surface area contributed by atoms with Crippen LogP contribution in [-0.4, -0.2) is 39.9 Å². The quantitative estimate of drug-likeness (QED) is 0.892. The van der Waals surface area contributed by atoms with Crippen LogP contribution in [0.5, 0.6) is 0 Å². The zero-order valence-electron chi connectivity index (χ0n) is 12.7. The summed E-state index contributed by atoms with van der Waals surface area (Å²) in [5, 5.41) is 12.9. The maximum Gasteiger partial charge on any atom is 0.412 e. The molecule has 7 heteroatoms. The monoisotopic (exact) mass is 310 g/mol. The van der Waals surface area contributed by atoms with Gasteiger partial charge in [-0.05, 0) is 39.0 Å². The SMILES string of the molecule is CC1(C)OC(=O)N(CCC(=O)Nc2cccc(F)c2)[C@@]1(C)O. The Hall–Kier alpha value is -2.15. The summed E-state index contributed by atoms with van der Waals surface area (Å²) in [4.78, 5) is 24.8. The van der Waals surface area contributed by atoms with E-state index in [0.29, 0.717) is 5.69 Å². The number of halogens is 1. The van der Waals surface area contributed by atoms with E-state index in [4.69, 9.17) is 4.74 Å². The van der Waals surface area contributed by atoms with Gasteiger partial charge in [0.05, 0.1) is 0 Å². The number of nitrogens with one attached hydrogen (secondary N) is 1. The number of benzene rings is 1. The van der Waals surface area contributed by atoms with Crippen molar-refractivity contribution in [1.82, 2.24) is 4.90 Å². The molecule has 1 saturated heterocycles. The first kappa shape index (κ1) is 16.2. The molecule has 0 saturated carbocycles. The fourth-order valence-electron chi connectivity index (χ4n) is 2.18. The van der Waals surface area contributed by atoms with Gasteiger partial charge in [0.2, 0.25) is 5.91 Å². The normalized spacial score (nSPS) is 23.3. The van der Waals surface area contributed by atoms with Crippen LogP contribution in [-0.2, 0) is 9.53 Å². The highest BCUT2D eigenvalue weighted by molar-refractivity contribution is 5.91. The zero-order valence-corrected chi connectivity index (χ0v) is 12.7. The van der Waals surface area contributed by atoms with Gasteiger partial charge < -0.3 is 15.2 Å². The Morgan fingerprint density at radius 3 is 2.64 bits per heavy atom. The second-order valence-electron chi connectivity index (χ2n) is 5.86. The smallest absolute Gasteiger partial charge is 0.412 e. The maximum atomic E-state index is 13.0. The number of carbonyl (C=O) groups is 2. The van der Waals surface area contributed by atoms with Crippen molar-refractivity contribution in [1.29, 1.82) is 0 Å². The minimum Gasteiger partial charge on any atom is -0.438 e. The van der Waals surface area contributed by atoms with Crippen LogP contribution in [0.2, 0.25) is 0 Å². The van der Waals surface area contributed by atoms with E-state index in [1.54, 1.807) is 19.9 Å². The van der Waals surface area contributed by atoms with Crippen LogP contribution in [0.4, 0.5) is 14.9 Å². The largest absolute Gasteiger partial charge is 0.438 e. The van der Waals surface area contributed by atoms with Crippen molar-refractivity contribution in [3.05, 3.63) is 30.1 Å². The fourth-order valence-corrected chi connectivity index (χ4v) is 2.18. The van der Waals surface area contributed by atoms with Gasteiger partial charge in [-0.1, -0.05) is 6.07 Å². The third kappa shape index (κ3) is 3.04. The molecule has 2 rings (SSSR count). The van der Waals surface area contributed by atoms with Crippen molar-refractivity contribution in [3.63, 3.8) is 0 Å². The number of nitrogens with zero attached hydrogens (tertiary/aromatic N) is 1. The van der Waals surface area contributed by atoms with E-state index in [2.05, 4.69) is 5.32 Å². The molecular formula is C15H19FN2O4. The number of anilines is 1. The number of hydrogen-bond donors (Lipinski definition) is 2. The van der Waals surface area contributed by atoms with Gasteiger partial charge >= 0.3 is 6.09 Å². The molecule has 1 aromatic rings. The van der Waals surface area contributed by atoms with Crippen LogP contribution < -0.4 is 5.32 Å². The van der Waals surface area contributed by atoms with Gasteiger partial charge in [0.1, 0.15) is 5.82 Å². The van der Waals surface area contributed by atoms with E-state index < -0.39 is 23.2 Å². The summed E-state index contributed by atoms with van der Waals surface area (Å²) in [6, 6.07) is 5.51. The highest BCUT2D eigenvalue weighted by atomic mass is 19.1. The number of rotatable bonds is 4. The average molecular weight is 310 g/mol. The average Bonchev–Trinajstić information content (AvgIpc) is 2.52. The molecule has 0 unspecified atom stereocenters. The van der Waals surface area contributed by atoms with Gasteiger partial charge in [-0.15, -0.1) is 0 Å². The Bertz CT molecular complexity index is 601. The molecule has 120 valence electrons. The third-order valence-electron chi connectivity index (χ3n) is 3.90. The Kier molecular flexibility index (Phi) is 4.10. The van der Waals surface area contributed by atoms with Crippen molar-refractivity contribution in [2.24, 2.45) is 0 Å². The Morgan fingerprint density at radius 1 is 1.41 bits per heavy atom. The summed E-state index contributed by atoms with van der Waals surface area (Å²) in [7, 11) is 0. The minimum atomic E-state index is -1.51. The molecule has 1 heterocycles. The van der Waals surface area contributed by atoms with Crippen LogP contribution in [0.25, 0.3) is 0 Å². The molecule has 0 radical (unpaired) electrons. The van der Waals surface area contributed by atoms with Crippen molar-refractivity contribution in [2.75, 3.05) is 11.9 Å². The molecule has 22 heavy (non-hydrogen) atoms. The van der Waals surface area contributed by atoms with E-state index in [-0.39, 0.29) is 18.9 Å². The molecule has 0 bridgehead atoms. The summed E-state index contributed by atoms with van der Waals surface area (Å²) in [5.41, 5.74) is -2.24. The van der Waals surface area contributed by atoms with Crippen molar-refractivity contribution >= 4 is 17.7 Å². The molecule has 1 fully saturated rings. The molecule has 0 spiro atoms. The molecule has 1 atom stereocenters. The van der Waals surface area contributed by atoms with Gasteiger partial charge in [-0.3, -0.25) is 9.69 Å². The molecule has 6 nitrogen and oxygen atoms in total. The molecule has 1 aliphatic rings. The topological polar surface area (TPSA) is 78.9 Å².